The SMILES string of the molecule is C[C@@H]1OC(CO)[C@@H](O)[C@H](O)C1NC(=O)CCS. The van der Waals surface area contributed by atoms with Crippen molar-refractivity contribution in [3.63, 3.8) is 0 Å². The second kappa shape index (κ2) is 6.55. The summed E-state index contributed by atoms with van der Waals surface area (Å²) in [6, 6.07) is -0.680. The first-order chi connectivity index (χ1) is 8.01. The average molecular weight is 265 g/mol. The van der Waals surface area contributed by atoms with Gasteiger partial charge in [-0.1, -0.05) is 0 Å². The van der Waals surface area contributed by atoms with Crippen LogP contribution in [0, 0.1) is 0 Å². The molecule has 0 aromatic rings. The first kappa shape index (κ1) is 14.7. The first-order valence-corrected chi connectivity index (χ1v) is 6.17. The van der Waals surface area contributed by atoms with E-state index in [9.17, 15) is 15.0 Å². The van der Waals surface area contributed by atoms with Crippen LogP contribution in [0.25, 0.3) is 0 Å². The molecule has 1 amide bonds. The summed E-state index contributed by atoms with van der Waals surface area (Å²) in [7, 11) is 0. The fourth-order valence-electron chi connectivity index (χ4n) is 1.86. The molecule has 2 unspecified atom stereocenters. The standard InChI is InChI=1S/C10H19NO5S/c1-5-8(11-7(13)2-3-17)10(15)9(14)6(4-12)16-5/h5-6,8-10,12,14-15,17H,2-4H2,1H3,(H,11,13)/t5-,6?,8?,9+,10+/m0/s1. The van der Waals surface area contributed by atoms with Crippen LogP contribution in [-0.4, -0.2) is 64.0 Å². The second-order valence-corrected chi connectivity index (χ2v) is 4.56. The lowest BCUT2D eigenvalue weighted by Gasteiger charge is -2.41. The molecular formula is C10H19NO5S. The van der Waals surface area contributed by atoms with E-state index in [0.717, 1.165) is 0 Å². The molecule has 1 heterocycles. The Morgan fingerprint density at radius 2 is 2.06 bits per heavy atom. The van der Waals surface area contributed by atoms with Crippen LogP contribution in [0.2, 0.25) is 0 Å². The molecule has 17 heavy (non-hydrogen) atoms. The van der Waals surface area contributed by atoms with Crippen LogP contribution in [0.15, 0.2) is 0 Å². The van der Waals surface area contributed by atoms with Gasteiger partial charge in [0.2, 0.25) is 5.91 Å². The van der Waals surface area contributed by atoms with Crippen molar-refractivity contribution in [1.82, 2.24) is 5.32 Å². The number of amides is 1. The normalized spacial score (nSPS) is 37.8. The van der Waals surface area contributed by atoms with Crippen LogP contribution in [0.5, 0.6) is 0 Å². The van der Waals surface area contributed by atoms with Crippen molar-refractivity contribution in [2.45, 2.75) is 43.8 Å². The van der Waals surface area contributed by atoms with Crippen molar-refractivity contribution >= 4 is 18.5 Å². The fourth-order valence-corrected chi connectivity index (χ4v) is 2.07. The molecule has 0 radical (unpaired) electrons. The van der Waals surface area contributed by atoms with Crippen molar-refractivity contribution in [3.8, 4) is 0 Å². The van der Waals surface area contributed by atoms with Crippen LogP contribution in [0.4, 0.5) is 0 Å². The Bertz CT molecular complexity index is 265. The third kappa shape index (κ3) is 3.56. The molecule has 0 aromatic carbocycles. The van der Waals surface area contributed by atoms with E-state index in [2.05, 4.69) is 17.9 Å². The van der Waals surface area contributed by atoms with Gasteiger partial charge in [-0.2, -0.15) is 12.6 Å². The first-order valence-electron chi connectivity index (χ1n) is 5.54. The Kier molecular flexibility index (Phi) is 5.68. The molecule has 6 nitrogen and oxygen atoms in total. The summed E-state index contributed by atoms with van der Waals surface area (Å²) in [5.74, 6) is 0.153. The van der Waals surface area contributed by atoms with Crippen LogP contribution in [0.3, 0.4) is 0 Å². The molecule has 0 aromatic heterocycles. The number of nitrogens with one attached hydrogen (secondary N) is 1. The summed E-state index contributed by atoms with van der Waals surface area (Å²) in [6.45, 7) is 1.29. The van der Waals surface area contributed by atoms with Gasteiger partial charge in [-0.25, -0.2) is 0 Å². The van der Waals surface area contributed by atoms with Crippen molar-refractivity contribution in [1.29, 1.82) is 0 Å². The predicted octanol–water partition coefficient (Wildman–Crippen LogP) is -1.71. The van der Waals surface area contributed by atoms with Crippen LogP contribution >= 0.6 is 12.6 Å². The van der Waals surface area contributed by atoms with Gasteiger partial charge in [0.15, 0.2) is 0 Å². The van der Waals surface area contributed by atoms with E-state index >= 15 is 0 Å². The number of aliphatic hydroxyl groups is 3. The number of carbonyl (C=O) groups is 1. The lowest BCUT2D eigenvalue weighted by atomic mass is 9.93. The average Bonchev–Trinajstić information content (AvgIpc) is 2.29. The molecule has 1 rings (SSSR count). The van der Waals surface area contributed by atoms with Crippen LogP contribution in [-0.2, 0) is 9.53 Å². The summed E-state index contributed by atoms with van der Waals surface area (Å²) in [4.78, 5) is 11.4. The minimum atomic E-state index is -1.21. The maximum atomic E-state index is 11.4. The molecule has 1 aliphatic heterocycles. The van der Waals surface area contributed by atoms with E-state index in [0.29, 0.717) is 5.75 Å². The van der Waals surface area contributed by atoms with Crippen LogP contribution in [0.1, 0.15) is 13.3 Å². The maximum Gasteiger partial charge on any atom is 0.221 e. The smallest absolute Gasteiger partial charge is 0.221 e. The third-order valence-electron chi connectivity index (χ3n) is 2.84. The maximum absolute atomic E-state index is 11.4. The number of thiol groups is 1. The van der Waals surface area contributed by atoms with E-state index in [-0.39, 0.29) is 18.9 Å². The van der Waals surface area contributed by atoms with Gasteiger partial charge in [0, 0.05) is 6.42 Å². The van der Waals surface area contributed by atoms with Crippen LogP contribution < -0.4 is 5.32 Å². The summed E-state index contributed by atoms with van der Waals surface area (Å²) in [5, 5.41) is 31.1. The Labute approximate surface area is 105 Å². The molecular weight excluding hydrogens is 246 g/mol. The Hall–Kier alpha value is -0.340. The van der Waals surface area contributed by atoms with E-state index < -0.39 is 30.5 Å². The van der Waals surface area contributed by atoms with Gasteiger partial charge in [0.1, 0.15) is 18.3 Å². The van der Waals surface area contributed by atoms with E-state index in [4.69, 9.17) is 9.84 Å². The Morgan fingerprint density at radius 3 is 2.59 bits per heavy atom. The van der Waals surface area contributed by atoms with Gasteiger partial charge in [-0.15, -0.1) is 0 Å². The van der Waals surface area contributed by atoms with Crippen molar-refractivity contribution in [2.24, 2.45) is 0 Å². The molecule has 5 atom stereocenters. The lowest BCUT2D eigenvalue weighted by molar-refractivity contribution is -0.190. The Balaban J connectivity index is 2.63. The van der Waals surface area contributed by atoms with Gasteiger partial charge >= 0.3 is 0 Å². The van der Waals surface area contributed by atoms with Crippen molar-refractivity contribution < 1.29 is 24.9 Å². The van der Waals surface area contributed by atoms with Crippen molar-refractivity contribution in [3.05, 3.63) is 0 Å². The van der Waals surface area contributed by atoms with E-state index in [1.807, 2.05) is 0 Å². The number of rotatable bonds is 4. The zero-order chi connectivity index (χ0) is 13.0. The Morgan fingerprint density at radius 1 is 1.41 bits per heavy atom. The highest BCUT2D eigenvalue weighted by Crippen LogP contribution is 2.20. The second-order valence-electron chi connectivity index (χ2n) is 4.11. The van der Waals surface area contributed by atoms with Gasteiger partial charge in [0.25, 0.3) is 0 Å². The molecule has 0 spiro atoms. The van der Waals surface area contributed by atoms with Crippen molar-refractivity contribution in [2.75, 3.05) is 12.4 Å². The number of aliphatic hydroxyl groups excluding tert-OH is 3. The lowest BCUT2D eigenvalue weighted by Crippen LogP contribution is -2.63. The molecule has 1 aliphatic rings. The molecule has 0 bridgehead atoms. The van der Waals surface area contributed by atoms with Gasteiger partial charge in [-0.3, -0.25) is 4.79 Å². The molecule has 4 N–H and O–H groups in total. The zero-order valence-corrected chi connectivity index (χ0v) is 10.5. The minimum absolute atomic E-state index is 0.235. The highest BCUT2D eigenvalue weighted by Gasteiger charge is 2.42. The minimum Gasteiger partial charge on any atom is -0.394 e. The number of hydrogen-bond donors (Lipinski definition) is 5. The third-order valence-corrected chi connectivity index (χ3v) is 3.06. The topological polar surface area (TPSA) is 99.0 Å². The predicted molar refractivity (Wildman–Crippen MR) is 63.8 cm³/mol. The zero-order valence-electron chi connectivity index (χ0n) is 9.61. The summed E-state index contributed by atoms with van der Waals surface area (Å²) in [5.41, 5.74) is 0. The molecule has 7 heteroatoms. The summed E-state index contributed by atoms with van der Waals surface area (Å²) >= 11 is 3.93. The molecule has 0 aliphatic carbocycles. The summed E-state index contributed by atoms with van der Waals surface area (Å²) in [6.07, 6.45) is -3.43. The number of hydrogen-bond acceptors (Lipinski definition) is 6. The molecule has 1 fully saturated rings. The van der Waals surface area contributed by atoms with Gasteiger partial charge in [0.05, 0.1) is 18.8 Å². The monoisotopic (exact) mass is 265 g/mol. The van der Waals surface area contributed by atoms with Gasteiger partial charge < -0.3 is 25.4 Å². The van der Waals surface area contributed by atoms with Gasteiger partial charge in [-0.05, 0) is 12.7 Å². The summed E-state index contributed by atoms with van der Waals surface area (Å²) < 4.78 is 5.32. The quantitative estimate of drug-likeness (QED) is 0.390. The fraction of sp³-hybridized carbons (Fsp3) is 0.900. The highest BCUT2D eigenvalue weighted by molar-refractivity contribution is 7.80. The molecule has 100 valence electrons. The highest BCUT2D eigenvalue weighted by atomic mass is 32.1. The van der Waals surface area contributed by atoms with E-state index in [1.165, 1.54) is 0 Å². The largest absolute Gasteiger partial charge is 0.394 e. The number of carbonyl (C=O) groups excluding carboxylic acids is 1. The number of ether oxygens (including phenoxy) is 1. The molecule has 1 saturated heterocycles. The van der Waals surface area contributed by atoms with E-state index in [1.54, 1.807) is 6.92 Å². The molecule has 0 saturated carbocycles.